The van der Waals surface area contributed by atoms with Crippen LogP contribution in [0.4, 0.5) is 0 Å². The van der Waals surface area contributed by atoms with E-state index in [0.29, 0.717) is 11.7 Å². The third-order valence-electron chi connectivity index (χ3n) is 0.611. The molecule has 0 bridgehead atoms. The fourth-order valence-corrected chi connectivity index (χ4v) is 0.465. The number of rotatable bonds is 2. The highest BCUT2D eigenvalue weighted by Crippen LogP contribution is 1.88. The topological polar surface area (TPSA) is 35.9 Å². The molecule has 0 fully saturated rings. The van der Waals surface area contributed by atoms with Crippen molar-refractivity contribution < 1.29 is 0 Å². The summed E-state index contributed by atoms with van der Waals surface area (Å²) in [5, 5.41) is 10.3. The zero-order chi connectivity index (χ0) is 6.41. The molecule has 0 radical (unpaired) electrons. The Bertz CT molecular complexity index is 95.0. The van der Waals surface area contributed by atoms with Crippen molar-refractivity contribution in [1.82, 2.24) is 5.32 Å². The second-order valence-electron chi connectivity index (χ2n) is 1.20. The SMILES string of the molecule is C=CCNC(=N)SC.I. The fraction of sp³-hybridized carbons (Fsp3) is 0.400. The molecule has 0 spiro atoms. The van der Waals surface area contributed by atoms with Gasteiger partial charge in [0.05, 0.1) is 0 Å². The molecule has 0 aliphatic rings. The summed E-state index contributed by atoms with van der Waals surface area (Å²) in [6.07, 6.45) is 3.59. The largest absolute Gasteiger partial charge is 0.362 e. The summed E-state index contributed by atoms with van der Waals surface area (Å²) in [5.41, 5.74) is 0. The molecule has 54 valence electrons. The first kappa shape index (κ1) is 12.0. The summed E-state index contributed by atoms with van der Waals surface area (Å²) in [6.45, 7) is 4.18. The number of nitrogens with one attached hydrogen (secondary N) is 2. The Morgan fingerprint density at radius 1 is 1.89 bits per heavy atom. The van der Waals surface area contributed by atoms with Crippen LogP contribution in [0.5, 0.6) is 0 Å². The Morgan fingerprint density at radius 3 is 2.78 bits per heavy atom. The predicted octanol–water partition coefficient (Wildman–Crippen LogP) is 1.68. The fourth-order valence-electron chi connectivity index (χ4n) is 0.237. The lowest BCUT2D eigenvalue weighted by atomic mass is 10.6. The third-order valence-corrected chi connectivity index (χ3v) is 1.16. The van der Waals surface area contributed by atoms with Gasteiger partial charge in [-0.3, -0.25) is 5.41 Å². The zero-order valence-electron chi connectivity index (χ0n) is 5.31. The molecular formula is C5H11IN2S. The Labute approximate surface area is 77.0 Å². The molecule has 0 saturated carbocycles. The molecule has 0 heterocycles. The average Bonchev–Trinajstić information content (AvgIpc) is 1.83. The average molecular weight is 258 g/mol. The number of hydrogen-bond acceptors (Lipinski definition) is 2. The predicted molar refractivity (Wildman–Crippen MR) is 54.9 cm³/mol. The van der Waals surface area contributed by atoms with Gasteiger partial charge in [0.25, 0.3) is 0 Å². The van der Waals surface area contributed by atoms with Crippen LogP contribution in [0.3, 0.4) is 0 Å². The molecule has 2 nitrogen and oxygen atoms in total. The Kier molecular flexibility index (Phi) is 11.1. The van der Waals surface area contributed by atoms with E-state index in [1.165, 1.54) is 11.8 Å². The van der Waals surface area contributed by atoms with Crippen LogP contribution in [0.2, 0.25) is 0 Å². The summed E-state index contributed by atoms with van der Waals surface area (Å²) in [4.78, 5) is 0. The lowest BCUT2D eigenvalue weighted by Gasteiger charge is -1.98. The van der Waals surface area contributed by atoms with E-state index in [4.69, 9.17) is 5.41 Å². The molecule has 0 atom stereocenters. The maximum absolute atomic E-state index is 7.04. The van der Waals surface area contributed by atoms with Gasteiger partial charge in [0, 0.05) is 6.54 Å². The van der Waals surface area contributed by atoms with Gasteiger partial charge in [-0.05, 0) is 6.26 Å². The van der Waals surface area contributed by atoms with E-state index in [0.717, 1.165) is 0 Å². The number of hydrogen-bond donors (Lipinski definition) is 2. The number of halogens is 1. The first-order chi connectivity index (χ1) is 3.81. The van der Waals surface area contributed by atoms with E-state index in [1.807, 2.05) is 6.26 Å². The first-order valence-corrected chi connectivity index (χ1v) is 3.51. The maximum atomic E-state index is 7.04. The molecular weight excluding hydrogens is 247 g/mol. The van der Waals surface area contributed by atoms with E-state index in [-0.39, 0.29) is 24.0 Å². The summed E-state index contributed by atoms with van der Waals surface area (Å²) in [7, 11) is 0. The van der Waals surface area contributed by atoms with Gasteiger partial charge in [-0.2, -0.15) is 0 Å². The molecule has 0 saturated heterocycles. The van der Waals surface area contributed by atoms with Gasteiger partial charge < -0.3 is 5.32 Å². The van der Waals surface area contributed by atoms with E-state index in [9.17, 15) is 0 Å². The summed E-state index contributed by atoms with van der Waals surface area (Å²) in [6, 6.07) is 0. The minimum absolute atomic E-state index is 0. The molecule has 4 heteroatoms. The summed E-state index contributed by atoms with van der Waals surface area (Å²) in [5.74, 6) is 0. The van der Waals surface area contributed by atoms with Crippen LogP contribution >= 0.6 is 35.7 Å². The molecule has 0 aromatic rings. The minimum atomic E-state index is 0. The Balaban J connectivity index is 0. The van der Waals surface area contributed by atoms with Crippen molar-refractivity contribution in [2.45, 2.75) is 0 Å². The number of amidine groups is 1. The molecule has 2 N–H and O–H groups in total. The zero-order valence-corrected chi connectivity index (χ0v) is 8.45. The van der Waals surface area contributed by atoms with E-state index in [1.54, 1.807) is 6.08 Å². The van der Waals surface area contributed by atoms with Gasteiger partial charge in [0.15, 0.2) is 5.17 Å². The molecule has 0 aliphatic heterocycles. The van der Waals surface area contributed by atoms with Crippen LogP contribution in [0.25, 0.3) is 0 Å². The standard InChI is InChI=1S/C5H10N2S.HI/c1-3-4-7-5(6)8-2;/h3H,1,4H2,2H3,(H2,6,7);1H. The second kappa shape index (κ2) is 8.29. The van der Waals surface area contributed by atoms with Crippen LogP contribution in [-0.2, 0) is 0 Å². The maximum Gasteiger partial charge on any atom is 0.153 e. The highest BCUT2D eigenvalue weighted by molar-refractivity contribution is 14.0. The van der Waals surface area contributed by atoms with Gasteiger partial charge in [0.2, 0.25) is 0 Å². The molecule has 0 aliphatic carbocycles. The summed E-state index contributed by atoms with van der Waals surface area (Å²) >= 11 is 1.39. The van der Waals surface area contributed by atoms with Gasteiger partial charge in [-0.25, -0.2) is 0 Å². The van der Waals surface area contributed by atoms with Crippen molar-refractivity contribution >= 4 is 40.9 Å². The van der Waals surface area contributed by atoms with Gasteiger partial charge in [-0.15, -0.1) is 30.6 Å². The van der Waals surface area contributed by atoms with Crippen LogP contribution in [0.1, 0.15) is 0 Å². The van der Waals surface area contributed by atoms with E-state index >= 15 is 0 Å². The van der Waals surface area contributed by atoms with Gasteiger partial charge >= 0.3 is 0 Å². The van der Waals surface area contributed by atoms with E-state index < -0.39 is 0 Å². The molecule has 0 aromatic heterocycles. The van der Waals surface area contributed by atoms with Crippen LogP contribution < -0.4 is 5.32 Å². The lowest BCUT2D eigenvalue weighted by Crippen LogP contribution is -2.18. The Morgan fingerprint density at radius 2 is 2.44 bits per heavy atom. The van der Waals surface area contributed by atoms with E-state index in [2.05, 4.69) is 11.9 Å². The second-order valence-corrected chi connectivity index (χ2v) is 2.02. The smallest absolute Gasteiger partial charge is 0.153 e. The first-order valence-electron chi connectivity index (χ1n) is 2.28. The molecule has 0 unspecified atom stereocenters. The molecule has 0 rings (SSSR count). The minimum Gasteiger partial charge on any atom is -0.362 e. The summed E-state index contributed by atoms with van der Waals surface area (Å²) < 4.78 is 0. The quantitative estimate of drug-likeness (QED) is 0.342. The van der Waals surface area contributed by atoms with Crippen molar-refractivity contribution in [3.8, 4) is 0 Å². The van der Waals surface area contributed by atoms with Crippen LogP contribution in [0.15, 0.2) is 12.7 Å². The van der Waals surface area contributed by atoms with Crippen molar-refractivity contribution in [2.24, 2.45) is 0 Å². The third kappa shape index (κ3) is 8.29. The highest BCUT2D eigenvalue weighted by atomic mass is 127. The molecule has 0 amide bonds. The molecule has 9 heavy (non-hydrogen) atoms. The van der Waals surface area contributed by atoms with Crippen molar-refractivity contribution in [1.29, 1.82) is 5.41 Å². The van der Waals surface area contributed by atoms with Crippen LogP contribution in [-0.4, -0.2) is 18.0 Å². The van der Waals surface area contributed by atoms with Crippen molar-refractivity contribution in [3.63, 3.8) is 0 Å². The van der Waals surface area contributed by atoms with Crippen molar-refractivity contribution in [2.75, 3.05) is 12.8 Å². The Hall–Kier alpha value is 0.290. The number of thioether (sulfide) groups is 1. The van der Waals surface area contributed by atoms with Gasteiger partial charge in [-0.1, -0.05) is 17.8 Å². The normalized spacial score (nSPS) is 7.22. The monoisotopic (exact) mass is 258 g/mol. The molecule has 0 aromatic carbocycles. The van der Waals surface area contributed by atoms with Gasteiger partial charge in [0.1, 0.15) is 0 Å². The lowest BCUT2D eigenvalue weighted by molar-refractivity contribution is 1.05. The van der Waals surface area contributed by atoms with Crippen LogP contribution in [0, 0.1) is 5.41 Å². The highest BCUT2D eigenvalue weighted by Gasteiger charge is 1.84. The van der Waals surface area contributed by atoms with Crippen molar-refractivity contribution in [3.05, 3.63) is 12.7 Å².